The van der Waals surface area contributed by atoms with Crippen LogP contribution in [0.2, 0.25) is 0 Å². The Bertz CT molecular complexity index is 1020. The highest BCUT2D eigenvalue weighted by Crippen LogP contribution is 2.34. The number of hydrogen-bond donors (Lipinski definition) is 0. The molecular formula is C22H24N2O3. The fourth-order valence-corrected chi connectivity index (χ4v) is 4.05. The van der Waals surface area contributed by atoms with Crippen molar-refractivity contribution in [1.29, 1.82) is 0 Å². The van der Waals surface area contributed by atoms with Gasteiger partial charge in [0.25, 0.3) is 0 Å². The van der Waals surface area contributed by atoms with Crippen molar-refractivity contribution in [3.8, 4) is 0 Å². The molecule has 27 heavy (non-hydrogen) atoms. The predicted molar refractivity (Wildman–Crippen MR) is 107 cm³/mol. The predicted octanol–water partition coefficient (Wildman–Crippen LogP) is 4.12. The first-order chi connectivity index (χ1) is 13.1. The molecule has 5 heteroatoms. The zero-order valence-corrected chi connectivity index (χ0v) is 15.8. The van der Waals surface area contributed by atoms with E-state index in [-0.39, 0.29) is 24.2 Å². The molecule has 140 valence electrons. The maximum Gasteiger partial charge on any atom is 0.311 e. The Hall–Kier alpha value is -2.82. The number of carbonyl (C=O) groups excluding carboxylic acids is 2. The van der Waals surface area contributed by atoms with E-state index in [1.54, 1.807) is 4.90 Å². The van der Waals surface area contributed by atoms with E-state index >= 15 is 0 Å². The number of esters is 1. The van der Waals surface area contributed by atoms with E-state index in [0.29, 0.717) is 6.54 Å². The number of carbonyl (C=O) groups is 2. The van der Waals surface area contributed by atoms with Crippen molar-refractivity contribution in [2.24, 2.45) is 5.92 Å². The molecule has 0 bridgehead atoms. The number of aryl methyl sites for hydroxylation is 1. The van der Waals surface area contributed by atoms with Gasteiger partial charge >= 0.3 is 5.97 Å². The highest BCUT2D eigenvalue weighted by Gasteiger charge is 2.36. The molecule has 1 aromatic heterocycles. The van der Waals surface area contributed by atoms with Crippen molar-refractivity contribution >= 4 is 39.4 Å². The minimum Gasteiger partial charge on any atom is -0.469 e. The van der Waals surface area contributed by atoms with Gasteiger partial charge in [0.15, 0.2) is 0 Å². The number of rotatable bonds is 5. The summed E-state index contributed by atoms with van der Waals surface area (Å²) in [7, 11) is 1.37. The average molecular weight is 364 g/mol. The monoisotopic (exact) mass is 364 g/mol. The van der Waals surface area contributed by atoms with Gasteiger partial charge in [0.05, 0.1) is 13.0 Å². The second kappa shape index (κ2) is 7.06. The number of ether oxygens (including phenoxy) is 1. The van der Waals surface area contributed by atoms with E-state index in [9.17, 15) is 9.59 Å². The van der Waals surface area contributed by atoms with Crippen LogP contribution in [0.4, 0.5) is 5.69 Å². The number of nitrogens with zero attached hydrogens (tertiary/aromatic N) is 2. The summed E-state index contributed by atoms with van der Waals surface area (Å²) in [5.41, 5.74) is 3.25. The van der Waals surface area contributed by atoms with E-state index in [0.717, 1.165) is 30.5 Å². The van der Waals surface area contributed by atoms with Gasteiger partial charge < -0.3 is 14.2 Å². The molecule has 0 radical (unpaired) electrons. The molecule has 1 amide bonds. The number of hydrogen-bond acceptors (Lipinski definition) is 3. The third-order valence-corrected chi connectivity index (χ3v) is 5.46. The number of benzene rings is 2. The summed E-state index contributed by atoms with van der Waals surface area (Å²) in [5.74, 6) is -0.730. The lowest BCUT2D eigenvalue weighted by atomic mass is 10.1. The largest absolute Gasteiger partial charge is 0.469 e. The Balaban J connectivity index is 1.78. The number of methoxy groups -OCH3 is 1. The lowest BCUT2D eigenvalue weighted by Crippen LogP contribution is -2.26. The first-order valence-corrected chi connectivity index (χ1v) is 9.53. The highest BCUT2D eigenvalue weighted by atomic mass is 16.5. The standard InChI is InChI=1S/C22H24N2O3/c1-3-4-11-23-19-8-6-5-7-17(19)18-13-16(9-10-20(18)23)24-14-15(12-21(24)25)22(26)27-2/h5-10,13,15H,3-4,11-12,14H2,1-2H3. The zero-order chi connectivity index (χ0) is 19.0. The number of para-hydroxylation sites is 1. The van der Waals surface area contributed by atoms with Crippen LogP contribution in [0.3, 0.4) is 0 Å². The van der Waals surface area contributed by atoms with Gasteiger partial charge in [-0.05, 0) is 30.7 Å². The lowest BCUT2D eigenvalue weighted by Gasteiger charge is -2.17. The van der Waals surface area contributed by atoms with Crippen molar-refractivity contribution in [2.75, 3.05) is 18.6 Å². The van der Waals surface area contributed by atoms with Gasteiger partial charge in [0, 0.05) is 47.0 Å². The number of amides is 1. The van der Waals surface area contributed by atoms with Crippen LogP contribution < -0.4 is 4.90 Å². The first-order valence-electron chi connectivity index (χ1n) is 9.53. The third-order valence-electron chi connectivity index (χ3n) is 5.46. The van der Waals surface area contributed by atoms with Crippen molar-refractivity contribution in [1.82, 2.24) is 4.57 Å². The fraction of sp³-hybridized carbons (Fsp3) is 0.364. The van der Waals surface area contributed by atoms with Gasteiger partial charge in [-0.3, -0.25) is 9.59 Å². The Kier molecular flexibility index (Phi) is 4.60. The van der Waals surface area contributed by atoms with E-state index < -0.39 is 0 Å². The summed E-state index contributed by atoms with van der Waals surface area (Å²) in [5, 5.41) is 2.34. The summed E-state index contributed by atoms with van der Waals surface area (Å²) >= 11 is 0. The summed E-state index contributed by atoms with van der Waals surface area (Å²) in [6.07, 6.45) is 2.48. The van der Waals surface area contributed by atoms with E-state index in [1.165, 1.54) is 23.5 Å². The zero-order valence-electron chi connectivity index (χ0n) is 15.8. The SMILES string of the molecule is CCCCn1c2ccccc2c2cc(N3CC(C(=O)OC)CC3=O)ccc21. The first kappa shape index (κ1) is 17.6. The molecule has 1 atom stereocenters. The molecule has 4 rings (SSSR count). The topological polar surface area (TPSA) is 51.5 Å². The van der Waals surface area contributed by atoms with Crippen molar-refractivity contribution < 1.29 is 14.3 Å². The van der Waals surface area contributed by atoms with Crippen molar-refractivity contribution in [3.63, 3.8) is 0 Å². The Labute approximate surface area is 158 Å². The Morgan fingerprint density at radius 2 is 1.93 bits per heavy atom. The quantitative estimate of drug-likeness (QED) is 0.640. The molecular weight excluding hydrogens is 340 g/mol. The van der Waals surface area contributed by atoms with Crippen LogP contribution >= 0.6 is 0 Å². The van der Waals surface area contributed by atoms with Crippen LogP contribution in [-0.4, -0.2) is 30.1 Å². The Morgan fingerprint density at radius 3 is 2.70 bits per heavy atom. The minimum absolute atomic E-state index is 0.0283. The van der Waals surface area contributed by atoms with Gasteiger partial charge in [0.2, 0.25) is 5.91 Å². The summed E-state index contributed by atoms with van der Waals surface area (Å²) in [4.78, 5) is 26.0. The van der Waals surface area contributed by atoms with Gasteiger partial charge in [-0.2, -0.15) is 0 Å². The number of unbranched alkanes of at least 4 members (excludes halogenated alkanes) is 1. The molecule has 1 aliphatic heterocycles. The molecule has 1 saturated heterocycles. The molecule has 3 aromatic rings. The number of aromatic nitrogens is 1. The second-order valence-corrected chi connectivity index (χ2v) is 7.15. The molecule has 0 spiro atoms. The fourth-order valence-electron chi connectivity index (χ4n) is 4.05. The van der Waals surface area contributed by atoms with Crippen LogP contribution in [0.5, 0.6) is 0 Å². The third kappa shape index (κ3) is 2.97. The van der Waals surface area contributed by atoms with Gasteiger partial charge in [-0.15, -0.1) is 0 Å². The minimum atomic E-state index is -0.385. The highest BCUT2D eigenvalue weighted by molar-refractivity contribution is 6.10. The summed E-state index contributed by atoms with van der Waals surface area (Å²) < 4.78 is 7.18. The van der Waals surface area contributed by atoms with Crippen LogP contribution in [0.25, 0.3) is 21.8 Å². The summed E-state index contributed by atoms with van der Waals surface area (Å²) in [6.45, 7) is 3.56. The molecule has 5 nitrogen and oxygen atoms in total. The van der Waals surface area contributed by atoms with Crippen LogP contribution in [0.1, 0.15) is 26.2 Å². The smallest absolute Gasteiger partial charge is 0.311 e. The van der Waals surface area contributed by atoms with E-state index in [1.807, 2.05) is 12.1 Å². The summed E-state index contributed by atoms with van der Waals surface area (Å²) in [6, 6.07) is 14.6. The Morgan fingerprint density at radius 1 is 1.15 bits per heavy atom. The van der Waals surface area contributed by atoms with Crippen LogP contribution in [-0.2, 0) is 20.9 Å². The maximum atomic E-state index is 12.5. The molecule has 2 heterocycles. The molecule has 2 aromatic carbocycles. The lowest BCUT2D eigenvalue weighted by molar-refractivity contribution is -0.145. The number of anilines is 1. The second-order valence-electron chi connectivity index (χ2n) is 7.15. The molecule has 0 saturated carbocycles. The van der Waals surface area contributed by atoms with Crippen molar-refractivity contribution in [2.45, 2.75) is 32.7 Å². The van der Waals surface area contributed by atoms with Crippen LogP contribution in [0.15, 0.2) is 42.5 Å². The van der Waals surface area contributed by atoms with Crippen LogP contribution in [0, 0.1) is 5.92 Å². The van der Waals surface area contributed by atoms with Gasteiger partial charge in [0.1, 0.15) is 0 Å². The number of fused-ring (bicyclic) bond motifs is 3. The average Bonchev–Trinajstić information content (AvgIpc) is 3.23. The van der Waals surface area contributed by atoms with Crippen molar-refractivity contribution in [3.05, 3.63) is 42.5 Å². The van der Waals surface area contributed by atoms with E-state index in [4.69, 9.17) is 4.74 Å². The van der Waals surface area contributed by atoms with E-state index in [2.05, 4.69) is 41.8 Å². The molecule has 0 aliphatic carbocycles. The normalized spacial score (nSPS) is 17.2. The maximum absolute atomic E-state index is 12.5. The van der Waals surface area contributed by atoms with Gasteiger partial charge in [-0.1, -0.05) is 31.5 Å². The molecule has 1 aliphatic rings. The molecule has 0 N–H and O–H groups in total. The van der Waals surface area contributed by atoms with Gasteiger partial charge in [-0.25, -0.2) is 0 Å². The molecule has 1 fully saturated rings. The molecule has 1 unspecified atom stereocenters.